The lowest BCUT2D eigenvalue weighted by Crippen LogP contribution is -2.57. The van der Waals surface area contributed by atoms with E-state index in [2.05, 4.69) is 22.8 Å². The van der Waals surface area contributed by atoms with Crippen molar-refractivity contribution in [1.82, 2.24) is 15.5 Å². The summed E-state index contributed by atoms with van der Waals surface area (Å²) in [6.45, 7) is 2.68. The zero-order valence-electron chi connectivity index (χ0n) is 21.0. The van der Waals surface area contributed by atoms with E-state index >= 15 is 0 Å². The number of piperidine rings is 1. The van der Waals surface area contributed by atoms with Crippen LogP contribution < -0.4 is 16.4 Å². The minimum absolute atomic E-state index is 0.0963. The molecule has 1 unspecified atom stereocenters. The smallest absolute Gasteiger partial charge is 0.254 e. The standard InChI is InChI=1S/C29H39FN4O2/c30-25-12-10-24(11-13-25)29(36)34-17-15-26(32-16-14-21-4-2-1-3-5-21)18-27(34)28(35)33-20-23-8-6-22(19-31)7-9-23/h1-5,10-13,22-23,26-27,32H,6-9,14-20,31H2,(H,33,35)/t22?,23?,26?,27-/m1/s1. The summed E-state index contributed by atoms with van der Waals surface area (Å²) in [6, 6.07) is 15.5. The molecule has 2 aromatic carbocycles. The van der Waals surface area contributed by atoms with Crippen LogP contribution in [0.1, 0.15) is 54.4 Å². The molecule has 2 fully saturated rings. The predicted octanol–water partition coefficient (Wildman–Crippen LogP) is 3.51. The first-order valence-electron chi connectivity index (χ1n) is 13.3. The highest BCUT2D eigenvalue weighted by Crippen LogP contribution is 2.28. The maximum absolute atomic E-state index is 13.4. The highest BCUT2D eigenvalue weighted by molar-refractivity contribution is 5.97. The van der Waals surface area contributed by atoms with Crippen molar-refractivity contribution in [1.29, 1.82) is 0 Å². The Bertz CT molecular complexity index is 977. The first-order valence-corrected chi connectivity index (χ1v) is 13.3. The van der Waals surface area contributed by atoms with Crippen LogP contribution in [-0.2, 0) is 11.2 Å². The minimum atomic E-state index is -0.550. The van der Waals surface area contributed by atoms with E-state index in [1.165, 1.54) is 29.8 Å². The zero-order chi connectivity index (χ0) is 25.3. The molecule has 2 amide bonds. The number of carbonyl (C=O) groups is 2. The average molecular weight is 495 g/mol. The highest BCUT2D eigenvalue weighted by atomic mass is 19.1. The fourth-order valence-corrected chi connectivity index (χ4v) is 5.50. The third-order valence-corrected chi connectivity index (χ3v) is 7.81. The van der Waals surface area contributed by atoms with Crippen LogP contribution in [0.15, 0.2) is 54.6 Å². The molecule has 0 bridgehead atoms. The zero-order valence-corrected chi connectivity index (χ0v) is 21.0. The summed E-state index contributed by atoms with van der Waals surface area (Å²) < 4.78 is 13.4. The molecule has 0 spiro atoms. The van der Waals surface area contributed by atoms with Crippen molar-refractivity contribution in [2.45, 2.75) is 57.0 Å². The van der Waals surface area contributed by atoms with E-state index in [1.54, 1.807) is 4.90 Å². The number of nitrogens with one attached hydrogen (secondary N) is 2. The molecule has 0 aromatic heterocycles. The number of halogens is 1. The van der Waals surface area contributed by atoms with Crippen molar-refractivity contribution in [2.24, 2.45) is 17.6 Å². The van der Waals surface area contributed by atoms with E-state index in [4.69, 9.17) is 5.73 Å². The Morgan fingerprint density at radius 1 is 0.944 bits per heavy atom. The van der Waals surface area contributed by atoms with Crippen LogP contribution in [-0.4, -0.2) is 55.0 Å². The SMILES string of the molecule is NCC1CCC(CNC(=O)[C@H]2CC(NCCc3ccccc3)CCN2C(=O)c2ccc(F)cc2)CC1. The van der Waals surface area contributed by atoms with Crippen LogP contribution in [0, 0.1) is 17.7 Å². The van der Waals surface area contributed by atoms with E-state index < -0.39 is 6.04 Å². The molecule has 2 aliphatic rings. The summed E-state index contributed by atoms with van der Waals surface area (Å²) in [5, 5.41) is 6.75. The molecule has 7 heteroatoms. The van der Waals surface area contributed by atoms with Gasteiger partial charge < -0.3 is 21.3 Å². The maximum Gasteiger partial charge on any atom is 0.254 e. The molecule has 4 N–H and O–H groups in total. The Morgan fingerprint density at radius 2 is 1.64 bits per heavy atom. The molecule has 1 heterocycles. The van der Waals surface area contributed by atoms with E-state index in [0.717, 1.165) is 51.6 Å². The van der Waals surface area contributed by atoms with Gasteiger partial charge in [-0.2, -0.15) is 0 Å². The first kappa shape index (κ1) is 26.3. The largest absolute Gasteiger partial charge is 0.354 e. The third-order valence-electron chi connectivity index (χ3n) is 7.81. The Balaban J connectivity index is 1.37. The van der Waals surface area contributed by atoms with Crippen LogP contribution in [0.25, 0.3) is 0 Å². The second kappa shape index (κ2) is 13.0. The van der Waals surface area contributed by atoms with Gasteiger partial charge in [-0.3, -0.25) is 9.59 Å². The summed E-state index contributed by atoms with van der Waals surface area (Å²) in [5.41, 5.74) is 7.49. The number of rotatable bonds is 9. The van der Waals surface area contributed by atoms with Crippen molar-refractivity contribution in [3.05, 3.63) is 71.5 Å². The number of hydrogen-bond acceptors (Lipinski definition) is 4. The van der Waals surface area contributed by atoms with Gasteiger partial charge in [0.1, 0.15) is 11.9 Å². The number of amides is 2. The number of nitrogens with two attached hydrogens (primary N) is 1. The van der Waals surface area contributed by atoms with Gasteiger partial charge in [0.15, 0.2) is 0 Å². The third kappa shape index (κ3) is 7.14. The van der Waals surface area contributed by atoms with E-state index in [0.29, 0.717) is 36.9 Å². The summed E-state index contributed by atoms with van der Waals surface area (Å²) in [4.78, 5) is 28.4. The van der Waals surface area contributed by atoms with Crippen LogP contribution in [0.3, 0.4) is 0 Å². The molecule has 6 nitrogen and oxygen atoms in total. The second-order valence-corrected chi connectivity index (χ2v) is 10.3. The fraction of sp³-hybridized carbons (Fsp3) is 0.517. The van der Waals surface area contributed by atoms with Crippen molar-refractivity contribution >= 4 is 11.8 Å². The highest BCUT2D eigenvalue weighted by Gasteiger charge is 2.36. The summed E-state index contributed by atoms with van der Waals surface area (Å²) >= 11 is 0. The number of hydrogen-bond donors (Lipinski definition) is 3. The minimum Gasteiger partial charge on any atom is -0.354 e. The van der Waals surface area contributed by atoms with Gasteiger partial charge in [0.05, 0.1) is 0 Å². The summed E-state index contributed by atoms with van der Waals surface area (Å²) in [6.07, 6.45) is 6.63. The van der Waals surface area contributed by atoms with Gasteiger partial charge >= 0.3 is 0 Å². The van der Waals surface area contributed by atoms with Gasteiger partial charge in [-0.05, 0) is 99.7 Å². The molecule has 1 saturated carbocycles. The van der Waals surface area contributed by atoms with Gasteiger partial charge in [0.2, 0.25) is 5.91 Å². The van der Waals surface area contributed by atoms with E-state index in [1.807, 2.05) is 18.2 Å². The van der Waals surface area contributed by atoms with E-state index in [9.17, 15) is 14.0 Å². The Hall–Kier alpha value is -2.77. The van der Waals surface area contributed by atoms with Crippen LogP contribution in [0.2, 0.25) is 0 Å². The lowest BCUT2D eigenvalue weighted by atomic mass is 9.82. The van der Waals surface area contributed by atoms with Gasteiger partial charge in [0.25, 0.3) is 5.91 Å². The molecule has 2 atom stereocenters. The monoisotopic (exact) mass is 494 g/mol. The number of likely N-dealkylation sites (tertiary alicyclic amines) is 1. The number of nitrogens with zero attached hydrogens (tertiary/aromatic N) is 1. The first-order chi connectivity index (χ1) is 17.5. The molecule has 1 saturated heterocycles. The Labute approximate surface area is 213 Å². The second-order valence-electron chi connectivity index (χ2n) is 10.3. The molecule has 1 aliphatic heterocycles. The molecule has 4 rings (SSSR count). The molecule has 36 heavy (non-hydrogen) atoms. The van der Waals surface area contributed by atoms with Crippen LogP contribution >= 0.6 is 0 Å². The quantitative estimate of drug-likeness (QED) is 0.498. The number of carbonyl (C=O) groups excluding carboxylic acids is 2. The average Bonchev–Trinajstić information content (AvgIpc) is 2.92. The Kier molecular flexibility index (Phi) is 9.47. The molecular weight excluding hydrogens is 455 g/mol. The van der Waals surface area contributed by atoms with Crippen molar-refractivity contribution in [3.63, 3.8) is 0 Å². The van der Waals surface area contributed by atoms with Crippen LogP contribution in [0.4, 0.5) is 4.39 Å². The fourth-order valence-electron chi connectivity index (χ4n) is 5.50. The van der Waals surface area contributed by atoms with E-state index in [-0.39, 0.29) is 23.7 Å². The topological polar surface area (TPSA) is 87.5 Å². The predicted molar refractivity (Wildman–Crippen MR) is 140 cm³/mol. The van der Waals surface area contributed by atoms with Crippen molar-refractivity contribution < 1.29 is 14.0 Å². The molecule has 2 aromatic rings. The van der Waals surface area contributed by atoms with Gasteiger partial charge in [-0.15, -0.1) is 0 Å². The van der Waals surface area contributed by atoms with Gasteiger partial charge in [-0.1, -0.05) is 30.3 Å². The molecular formula is C29H39FN4O2. The maximum atomic E-state index is 13.4. The molecule has 194 valence electrons. The van der Waals surface area contributed by atoms with Crippen molar-refractivity contribution in [2.75, 3.05) is 26.2 Å². The number of benzene rings is 2. The van der Waals surface area contributed by atoms with Crippen molar-refractivity contribution in [3.8, 4) is 0 Å². The lowest BCUT2D eigenvalue weighted by Gasteiger charge is -2.39. The lowest BCUT2D eigenvalue weighted by molar-refractivity contribution is -0.127. The summed E-state index contributed by atoms with van der Waals surface area (Å²) in [7, 11) is 0. The normalized spacial score (nSPS) is 24.3. The van der Waals surface area contributed by atoms with Gasteiger partial charge in [-0.25, -0.2) is 4.39 Å². The molecule has 1 aliphatic carbocycles. The van der Waals surface area contributed by atoms with Gasteiger partial charge in [0, 0.05) is 24.7 Å². The Morgan fingerprint density at radius 3 is 2.33 bits per heavy atom. The van der Waals surface area contributed by atoms with Crippen LogP contribution in [0.5, 0.6) is 0 Å². The molecule has 0 radical (unpaired) electrons. The summed E-state index contributed by atoms with van der Waals surface area (Å²) in [5.74, 6) is 0.358.